The van der Waals surface area contributed by atoms with Crippen molar-refractivity contribution in [2.45, 2.75) is 13.1 Å². The van der Waals surface area contributed by atoms with E-state index in [2.05, 4.69) is 15.2 Å². The number of thioether (sulfide) groups is 1. The summed E-state index contributed by atoms with van der Waals surface area (Å²) in [6.45, 7) is 4.12. The summed E-state index contributed by atoms with van der Waals surface area (Å²) < 4.78 is 0. The van der Waals surface area contributed by atoms with Gasteiger partial charge in [-0.3, -0.25) is 24.4 Å². The van der Waals surface area contributed by atoms with Gasteiger partial charge in [0.25, 0.3) is 5.24 Å². The Morgan fingerprint density at radius 1 is 0.933 bits per heavy atom. The summed E-state index contributed by atoms with van der Waals surface area (Å²) in [5.74, 6) is 0.0495. The van der Waals surface area contributed by atoms with Crippen LogP contribution in [0.2, 0.25) is 0 Å². The molecular weight excluding hydrogens is 402 g/mol. The summed E-state index contributed by atoms with van der Waals surface area (Å²) in [7, 11) is 0. The van der Waals surface area contributed by atoms with E-state index >= 15 is 0 Å². The number of nitrogens with one attached hydrogen (secondary N) is 1. The molecule has 1 aromatic heterocycles. The fourth-order valence-corrected chi connectivity index (χ4v) is 4.19. The first-order valence-electron chi connectivity index (χ1n) is 9.82. The minimum Gasteiger partial charge on any atom is -0.322 e. The third-order valence-corrected chi connectivity index (χ3v) is 6.06. The number of benzene rings is 1. The van der Waals surface area contributed by atoms with Gasteiger partial charge in [-0.05, 0) is 35.4 Å². The summed E-state index contributed by atoms with van der Waals surface area (Å²) >= 11 is 1.03. The fraction of sp³-hybridized carbons (Fsp3) is 0.333. The van der Waals surface area contributed by atoms with E-state index < -0.39 is 0 Å². The zero-order valence-corrected chi connectivity index (χ0v) is 17.3. The van der Waals surface area contributed by atoms with Crippen LogP contribution >= 0.6 is 11.8 Å². The van der Waals surface area contributed by atoms with Gasteiger partial charge in [-0.15, -0.1) is 0 Å². The van der Waals surface area contributed by atoms with Crippen molar-refractivity contribution in [3.05, 3.63) is 59.9 Å². The predicted molar refractivity (Wildman–Crippen MR) is 115 cm³/mol. The van der Waals surface area contributed by atoms with Gasteiger partial charge in [0.2, 0.25) is 5.91 Å². The average Bonchev–Trinajstić information content (AvgIpc) is 3.08. The number of nitrogens with zero attached hydrogens (tertiary/aromatic N) is 4. The monoisotopic (exact) mass is 425 g/mol. The number of carbonyl (C=O) groups excluding carboxylic acids is 3. The lowest BCUT2D eigenvalue weighted by atomic mass is 10.2. The molecule has 2 aliphatic heterocycles. The normalized spacial score (nSPS) is 17.5. The van der Waals surface area contributed by atoms with Crippen LogP contribution in [0.4, 0.5) is 15.3 Å². The van der Waals surface area contributed by atoms with Crippen LogP contribution < -0.4 is 5.32 Å². The lowest BCUT2D eigenvalue weighted by molar-refractivity contribution is -0.125. The Kier molecular flexibility index (Phi) is 6.29. The molecule has 3 heterocycles. The Bertz CT molecular complexity index is 898. The molecule has 8 nitrogen and oxygen atoms in total. The zero-order valence-electron chi connectivity index (χ0n) is 16.5. The number of pyridine rings is 1. The van der Waals surface area contributed by atoms with Crippen molar-refractivity contribution in [3.63, 3.8) is 0 Å². The van der Waals surface area contributed by atoms with E-state index in [4.69, 9.17) is 0 Å². The van der Waals surface area contributed by atoms with Crippen LogP contribution in [0.1, 0.15) is 11.1 Å². The third kappa shape index (κ3) is 4.98. The van der Waals surface area contributed by atoms with Crippen molar-refractivity contribution in [1.82, 2.24) is 19.7 Å². The molecule has 0 aliphatic carbocycles. The number of anilines is 1. The number of hydrogen-bond acceptors (Lipinski definition) is 6. The number of rotatable bonds is 5. The van der Waals surface area contributed by atoms with Crippen LogP contribution in [0, 0.1) is 0 Å². The number of urea groups is 1. The van der Waals surface area contributed by atoms with Gasteiger partial charge >= 0.3 is 6.03 Å². The summed E-state index contributed by atoms with van der Waals surface area (Å²) in [4.78, 5) is 45.4. The quantitative estimate of drug-likeness (QED) is 0.793. The molecule has 4 rings (SSSR count). The van der Waals surface area contributed by atoms with Gasteiger partial charge < -0.3 is 10.2 Å². The van der Waals surface area contributed by atoms with Gasteiger partial charge in [-0.25, -0.2) is 4.79 Å². The second-order valence-corrected chi connectivity index (χ2v) is 8.21. The minimum absolute atomic E-state index is 0.118. The highest BCUT2D eigenvalue weighted by atomic mass is 32.2. The summed E-state index contributed by atoms with van der Waals surface area (Å²) in [5.41, 5.74) is 2.76. The van der Waals surface area contributed by atoms with Crippen LogP contribution in [0.3, 0.4) is 0 Å². The molecule has 2 saturated heterocycles. The molecule has 4 amide bonds. The third-order valence-electron chi connectivity index (χ3n) is 5.20. The number of carbonyl (C=O) groups is 3. The van der Waals surface area contributed by atoms with E-state index in [0.29, 0.717) is 18.8 Å². The molecule has 0 atom stereocenters. The summed E-state index contributed by atoms with van der Waals surface area (Å²) in [6.07, 6.45) is 3.59. The molecule has 1 N–H and O–H groups in total. The zero-order chi connectivity index (χ0) is 20.9. The summed E-state index contributed by atoms with van der Waals surface area (Å²) in [5, 5.41) is 2.72. The minimum atomic E-state index is -0.208. The predicted octanol–water partition coefficient (Wildman–Crippen LogP) is 2.63. The molecule has 2 aromatic rings. The molecule has 0 saturated carbocycles. The lowest BCUT2D eigenvalue weighted by Crippen LogP contribution is -2.49. The first kappa shape index (κ1) is 20.4. The second-order valence-electron chi connectivity index (χ2n) is 7.28. The molecule has 0 unspecified atom stereocenters. The van der Waals surface area contributed by atoms with Gasteiger partial charge in [0.15, 0.2) is 0 Å². The first-order valence-corrected chi connectivity index (χ1v) is 10.8. The van der Waals surface area contributed by atoms with Gasteiger partial charge in [-0.2, -0.15) is 0 Å². The van der Waals surface area contributed by atoms with E-state index in [-0.39, 0.29) is 29.5 Å². The van der Waals surface area contributed by atoms with Gasteiger partial charge in [0.1, 0.15) is 0 Å². The molecule has 2 fully saturated rings. The van der Waals surface area contributed by atoms with Crippen LogP contribution in [0.25, 0.3) is 0 Å². The maximum atomic E-state index is 12.6. The number of piperazine rings is 1. The Labute approximate surface area is 179 Å². The van der Waals surface area contributed by atoms with Crippen molar-refractivity contribution in [2.75, 3.05) is 37.2 Å². The number of amides is 4. The number of imide groups is 1. The topological polar surface area (TPSA) is 85.8 Å². The molecule has 0 bridgehead atoms. The molecule has 0 radical (unpaired) electrons. The summed E-state index contributed by atoms with van der Waals surface area (Å²) in [6, 6.07) is 11.1. The standard InChI is InChI=1S/C21H23N5O3S/c27-19-15-30-21(29)26(19)14-16-1-3-18(4-2-16)23-20(28)25-11-9-24(10-12-25)13-17-5-7-22-8-6-17/h1-8H,9-15H2,(H,23,28). The highest BCUT2D eigenvalue weighted by Gasteiger charge is 2.29. The molecule has 30 heavy (non-hydrogen) atoms. The van der Waals surface area contributed by atoms with E-state index in [1.807, 2.05) is 29.2 Å². The fourth-order valence-electron chi connectivity index (χ4n) is 3.47. The van der Waals surface area contributed by atoms with Gasteiger partial charge in [-0.1, -0.05) is 23.9 Å². The van der Waals surface area contributed by atoms with Crippen molar-refractivity contribution in [3.8, 4) is 0 Å². The Hall–Kier alpha value is -2.91. The number of aromatic nitrogens is 1. The maximum Gasteiger partial charge on any atom is 0.321 e. The lowest BCUT2D eigenvalue weighted by Gasteiger charge is -2.34. The van der Waals surface area contributed by atoms with E-state index in [1.165, 1.54) is 10.5 Å². The van der Waals surface area contributed by atoms with E-state index in [0.717, 1.165) is 37.0 Å². The van der Waals surface area contributed by atoms with Crippen LogP contribution in [0.15, 0.2) is 48.8 Å². The second kappa shape index (κ2) is 9.27. The Balaban J connectivity index is 1.25. The molecular formula is C21H23N5O3S. The smallest absolute Gasteiger partial charge is 0.321 e. The van der Waals surface area contributed by atoms with Crippen molar-refractivity contribution < 1.29 is 14.4 Å². The average molecular weight is 426 g/mol. The van der Waals surface area contributed by atoms with Gasteiger partial charge in [0, 0.05) is 50.8 Å². The highest BCUT2D eigenvalue weighted by molar-refractivity contribution is 8.14. The molecule has 0 spiro atoms. The maximum absolute atomic E-state index is 12.6. The largest absolute Gasteiger partial charge is 0.322 e. The first-order chi connectivity index (χ1) is 14.6. The SMILES string of the molecule is O=C(Nc1ccc(CN2C(=O)CSC2=O)cc1)N1CCN(Cc2ccncc2)CC1. The van der Waals surface area contributed by atoms with Crippen LogP contribution in [0.5, 0.6) is 0 Å². The molecule has 1 aromatic carbocycles. The van der Waals surface area contributed by atoms with Crippen molar-refractivity contribution in [1.29, 1.82) is 0 Å². The molecule has 156 valence electrons. The van der Waals surface area contributed by atoms with Gasteiger partial charge in [0.05, 0.1) is 12.3 Å². The highest BCUT2D eigenvalue weighted by Crippen LogP contribution is 2.22. The van der Waals surface area contributed by atoms with Crippen molar-refractivity contribution in [2.24, 2.45) is 0 Å². The molecule has 2 aliphatic rings. The van der Waals surface area contributed by atoms with E-state index in [1.54, 1.807) is 24.5 Å². The van der Waals surface area contributed by atoms with Crippen LogP contribution in [-0.4, -0.2) is 68.8 Å². The van der Waals surface area contributed by atoms with Crippen molar-refractivity contribution >= 4 is 34.6 Å². The van der Waals surface area contributed by atoms with Crippen LogP contribution in [-0.2, 0) is 17.9 Å². The number of hydrogen-bond donors (Lipinski definition) is 1. The van der Waals surface area contributed by atoms with E-state index in [9.17, 15) is 14.4 Å². The molecule has 9 heteroatoms. The Morgan fingerprint density at radius 3 is 2.23 bits per heavy atom. The Morgan fingerprint density at radius 2 is 1.60 bits per heavy atom.